The molecule has 0 saturated heterocycles. The van der Waals surface area contributed by atoms with Crippen molar-refractivity contribution in [3.8, 4) is 34.4 Å². The van der Waals surface area contributed by atoms with E-state index in [1.165, 1.54) is 7.11 Å². The van der Waals surface area contributed by atoms with Crippen molar-refractivity contribution < 1.29 is 28.8 Å². The van der Waals surface area contributed by atoms with Crippen LogP contribution in [-0.2, 0) is 17.9 Å². The van der Waals surface area contributed by atoms with Crippen LogP contribution in [0, 0.1) is 0 Å². The van der Waals surface area contributed by atoms with Crippen LogP contribution in [0.1, 0.15) is 18.1 Å². The van der Waals surface area contributed by atoms with Crippen LogP contribution in [0.3, 0.4) is 0 Å². The van der Waals surface area contributed by atoms with Crippen LogP contribution in [0.4, 0.5) is 0 Å². The van der Waals surface area contributed by atoms with E-state index in [4.69, 9.17) is 30.5 Å². The number of carboxylic acids is 1. The Morgan fingerprint density at radius 1 is 0.975 bits per heavy atom. The molecule has 0 aliphatic carbocycles. The Labute approximate surface area is 241 Å². The fourth-order valence-corrected chi connectivity index (χ4v) is 4.92. The number of thioether (sulfide) groups is 1. The van der Waals surface area contributed by atoms with Gasteiger partial charge in [0.1, 0.15) is 23.0 Å². The maximum absolute atomic E-state index is 12.2. The van der Waals surface area contributed by atoms with Gasteiger partial charge in [0.15, 0.2) is 22.5 Å². The zero-order chi connectivity index (χ0) is 28.6. The summed E-state index contributed by atoms with van der Waals surface area (Å²) >= 11 is 7.24. The summed E-state index contributed by atoms with van der Waals surface area (Å²) in [7, 11) is 4.67. The Hall–Kier alpha value is -4.15. The summed E-state index contributed by atoms with van der Waals surface area (Å²) in [5, 5.41) is 19.6. The highest BCUT2D eigenvalue weighted by Gasteiger charge is 2.20. The summed E-state index contributed by atoms with van der Waals surface area (Å²) in [6.45, 7) is 2.71. The molecule has 0 amide bonds. The van der Waals surface area contributed by atoms with Gasteiger partial charge in [-0.3, -0.25) is 0 Å². The summed E-state index contributed by atoms with van der Waals surface area (Å²) in [6, 6.07) is 18.0. The fourth-order valence-electron chi connectivity index (χ4n) is 3.85. The first kappa shape index (κ1) is 28.8. The minimum absolute atomic E-state index is 0.0589. The predicted molar refractivity (Wildman–Crippen MR) is 154 cm³/mol. The number of hydrogen-bond donors (Lipinski definition) is 1. The van der Waals surface area contributed by atoms with Gasteiger partial charge in [-0.1, -0.05) is 35.9 Å². The van der Waals surface area contributed by atoms with Crippen molar-refractivity contribution in [1.29, 1.82) is 0 Å². The molecule has 4 rings (SSSR count). The van der Waals surface area contributed by atoms with Crippen LogP contribution in [-0.4, -0.2) is 47.2 Å². The molecular formula is C29H28ClN3O6S. The molecule has 11 heteroatoms. The number of ether oxygens (including phenoxy) is 4. The third kappa shape index (κ3) is 6.70. The summed E-state index contributed by atoms with van der Waals surface area (Å²) in [6.07, 6.45) is 1.55. The van der Waals surface area contributed by atoms with Crippen molar-refractivity contribution in [2.75, 3.05) is 21.3 Å². The van der Waals surface area contributed by atoms with Crippen molar-refractivity contribution in [3.63, 3.8) is 0 Å². The lowest BCUT2D eigenvalue weighted by Gasteiger charge is -2.12. The van der Waals surface area contributed by atoms with E-state index in [2.05, 4.69) is 10.2 Å². The first-order valence-electron chi connectivity index (χ1n) is 12.2. The number of rotatable bonds is 12. The largest absolute Gasteiger partial charge is 0.497 e. The van der Waals surface area contributed by atoms with Gasteiger partial charge >= 0.3 is 5.97 Å². The second kappa shape index (κ2) is 13.3. The van der Waals surface area contributed by atoms with Crippen molar-refractivity contribution in [2.24, 2.45) is 0 Å². The maximum atomic E-state index is 12.2. The maximum Gasteiger partial charge on any atom is 0.342 e. The van der Waals surface area contributed by atoms with Gasteiger partial charge in [0.2, 0.25) is 0 Å². The van der Waals surface area contributed by atoms with Crippen LogP contribution in [0.2, 0.25) is 5.02 Å². The number of halogens is 1. The highest BCUT2D eigenvalue weighted by molar-refractivity contribution is 8.04. The van der Waals surface area contributed by atoms with Gasteiger partial charge in [0.25, 0.3) is 0 Å². The van der Waals surface area contributed by atoms with Gasteiger partial charge in [0.05, 0.1) is 21.3 Å². The van der Waals surface area contributed by atoms with Gasteiger partial charge in [-0.25, -0.2) is 4.79 Å². The van der Waals surface area contributed by atoms with Gasteiger partial charge in [-0.15, -0.1) is 10.2 Å². The SMILES string of the molecule is CCn1c(S/C(=C\c2ccc(OCc3ccccc3Cl)c(OC)c2)C(=O)O)nnc1-c1cc(OC)cc(OC)c1. The zero-order valence-electron chi connectivity index (χ0n) is 22.4. The average molecular weight is 582 g/mol. The Kier molecular flexibility index (Phi) is 9.57. The smallest absolute Gasteiger partial charge is 0.342 e. The van der Waals surface area contributed by atoms with Crippen LogP contribution < -0.4 is 18.9 Å². The molecule has 3 aromatic carbocycles. The molecule has 9 nitrogen and oxygen atoms in total. The van der Waals surface area contributed by atoms with Gasteiger partial charge in [0, 0.05) is 28.8 Å². The summed E-state index contributed by atoms with van der Waals surface area (Å²) < 4.78 is 24.0. The van der Waals surface area contributed by atoms with Crippen molar-refractivity contribution >= 4 is 35.4 Å². The third-order valence-electron chi connectivity index (χ3n) is 5.88. The lowest BCUT2D eigenvalue weighted by atomic mass is 10.2. The molecule has 0 saturated carbocycles. The van der Waals surface area contributed by atoms with E-state index >= 15 is 0 Å². The number of nitrogens with zero attached hydrogens (tertiary/aromatic N) is 3. The molecule has 40 heavy (non-hydrogen) atoms. The molecule has 0 bridgehead atoms. The van der Waals surface area contributed by atoms with E-state index in [-0.39, 0.29) is 11.5 Å². The number of benzene rings is 3. The van der Waals surface area contributed by atoms with Crippen molar-refractivity contribution in [1.82, 2.24) is 14.8 Å². The molecule has 1 aromatic heterocycles. The number of methoxy groups -OCH3 is 3. The molecule has 0 atom stereocenters. The van der Waals surface area contributed by atoms with Crippen molar-refractivity contribution in [2.45, 2.75) is 25.2 Å². The van der Waals surface area contributed by atoms with E-state index in [1.807, 2.05) is 41.8 Å². The van der Waals surface area contributed by atoms with E-state index < -0.39 is 5.97 Å². The standard InChI is InChI=1S/C29H28ClN3O6S/c1-5-33-27(20-14-21(36-2)16-22(15-20)37-3)31-32-29(33)40-26(28(34)35)13-18-10-11-24(25(12-18)38-4)39-17-19-8-6-7-9-23(19)30/h6-16H,5,17H2,1-4H3,(H,34,35)/b26-13-. The molecule has 0 spiro atoms. The molecule has 0 unspecified atom stereocenters. The molecule has 0 aliphatic heterocycles. The van der Waals surface area contributed by atoms with Gasteiger partial charge < -0.3 is 28.6 Å². The Morgan fingerprint density at radius 3 is 2.33 bits per heavy atom. The Morgan fingerprint density at radius 2 is 1.70 bits per heavy atom. The number of carboxylic acid groups (broad SMARTS) is 1. The zero-order valence-corrected chi connectivity index (χ0v) is 24.0. The summed E-state index contributed by atoms with van der Waals surface area (Å²) in [4.78, 5) is 12.3. The predicted octanol–water partition coefficient (Wildman–Crippen LogP) is 6.44. The van der Waals surface area contributed by atoms with Crippen molar-refractivity contribution in [3.05, 3.63) is 81.7 Å². The molecule has 4 aromatic rings. The van der Waals surface area contributed by atoms with Gasteiger partial charge in [-0.05, 0) is 60.7 Å². The number of aromatic nitrogens is 3. The first-order chi connectivity index (χ1) is 19.4. The Bertz CT molecular complexity index is 1520. The van der Waals surface area contributed by atoms with E-state index in [0.717, 1.165) is 22.9 Å². The first-order valence-corrected chi connectivity index (χ1v) is 13.4. The minimum atomic E-state index is -1.10. The molecule has 208 valence electrons. The topological polar surface area (TPSA) is 105 Å². The number of aliphatic carboxylic acids is 1. The van der Waals surface area contributed by atoms with Crippen LogP contribution in [0.25, 0.3) is 17.5 Å². The second-order valence-electron chi connectivity index (χ2n) is 8.36. The van der Waals surface area contributed by atoms with Crippen LogP contribution >= 0.6 is 23.4 Å². The van der Waals surface area contributed by atoms with E-state index in [1.54, 1.807) is 50.6 Å². The van der Waals surface area contributed by atoms with Crippen LogP contribution in [0.5, 0.6) is 23.0 Å². The molecule has 0 aliphatic rings. The highest BCUT2D eigenvalue weighted by Crippen LogP contribution is 2.35. The molecule has 1 heterocycles. The molecule has 0 fully saturated rings. The van der Waals surface area contributed by atoms with E-state index in [9.17, 15) is 9.90 Å². The normalized spacial score (nSPS) is 11.3. The monoisotopic (exact) mass is 581 g/mol. The number of carbonyl (C=O) groups is 1. The summed E-state index contributed by atoms with van der Waals surface area (Å²) in [5.74, 6) is 1.64. The Balaban J connectivity index is 1.60. The lowest BCUT2D eigenvalue weighted by Crippen LogP contribution is -2.03. The third-order valence-corrected chi connectivity index (χ3v) is 7.25. The molecule has 0 radical (unpaired) electrons. The lowest BCUT2D eigenvalue weighted by molar-refractivity contribution is -0.131. The fraction of sp³-hybridized carbons (Fsp3) is 0.207. The average Bonchev–Trinajstić information content (AvgIpc) is 3.38. The molecular weight excluding hydrogens is 554 g/mol. The van der Waals surface area contributed by atoms with Gasteiger partial charge in [-0.2, -0.15) is 0 Å². The summed E-state index contributed by atoms with van der Waals surface area (Å²) in [5.41, 5.74) is 2.19. The minimum Gasteiger partial charge on any atom is -0.497 e. The molecule has 1 N–H and O–H groups in total. The quantitative estimate of drug-likeness (QED) is 0.149. The highest BCUT2D eigenvalue weighted by atomic mass is 35.5. The number of hydrogen-bond acceptors (Lipinski definition) is 8. The second-order valence-corrected chi connectivity index (χ2v) is 9.77. The van der Waals surface area contributed by atoms with E-state index in [0.29, 0.717) is 51.1 Å². The van der Waals surface area contributed by atoms with Crippen LogP contribution in [0.15, 0.2) is 70.7 Å².